The molecule has 0 unspecified atom stereocenters. The van der Waals surface area contributed by atoms with Gasteiger partial charge in [-0.15, -0.1) is 0 Å². The summed E-state index contributed by atoms with van der Waals surface area (Å²) in [5.74, 6) is -2.05. The number of carboxylic acid groups (broad SMARTS) is 1. The molecule has 0 saturated carbocycles. The second-order valence-electron chi connectivity index (χ2n) is 4.62. The van der Waals surface area contributed by atoms with Crippen LogP contribution in [0.2, 0.25) is 5.02 Å². The number of hydrogen-bond donors (Lipinski definition) is 2. The van der Waals surface area contributed by atoms with Crippen LogP contribution in [0.1, 0.15) is 23.2 Å². The Kier molecular flexibility index (Phi) is 4.22. The van der Waals surface area contributed by atoms with Crippen molar-refractivity contribution >= 4 is 33.5 Å². The molecule has 1 atom stereocenters. The van der Waals surface area contributed by atoms with E-state index in [1.165, 1.54) is 12.1 Å². The van der Waals surface area contributed by atoms with Crippen LogP contribution in [0.15, 0.2) is 23.1 Å². The number of carbonyl (C=O) groups excluding carboxylic acids is 1. The first-order valence-electron chi connectivity index (χ1n) is 6.09. The van der Waals surface area contributed by atoms with Crippen molar-refractivity contribution < 1.29 is 23.1 Å². The summed E-state index contributed by atoms with van der Waals surface area (Å²) in [5.41, 5.74) is 4.89. The number of sulfonamides is 1. The molecule has 1 amide bonds. The number of amides is 1. The van der Waals surface area contributed by atoms with E-state index in [9.17, 15) is 18.0 Å². The molecule has 1 aromatic rings. The molecule has 0 aliphatic carbocycles. The molecule has 1 aliphatic rings. The van der Waals surface area contributed by atoms with Crippen molar-refractivity contribution in [1.29, 1.82) is 0 Å². The van der Waals surface area contributed by atoms with Crippen LogP contribution in [-0.4, -0.2) is 42.3 Å². The van der Waals surface area contributed by atoms with Gasteiger partial charge in [-0.25, -0.2) is 13.2 Å². The molecule has 1 saturated heterocycles. The number of halogens is 1. The molecule has 1 aromatic carbocycles. The van der Waals surface area contributed by atoms with E-state index in [2.05, 4.69) is 0 Å². The molecular weight excluding hydrogens is 320 g/mol. The predicted molar refractivity (Wildman–Crippen MR) is 74.5 cm³/mol. The maximum atomic E-state index is 12.5. The SMILES string of the molecule is NC(=O)[C@@H]1CCCN1S(=O)(=O)c1ccc(Cl)c(C(=O)O)c1. The monoisotopic (exact) mass is 332 g/mol. The van der Waals surface area contributed by atoms with Gasteiger partial charge in [-0.1, -0.05) is 11.6 Å². The minimum absolute atomic E-state index is 0.0608. The summed E-state index contributed by atoms with van der Waals surface area (Å²) in [6, 6.07) is 2.49. The van der Waals surface area contributed by atoms with Crippen LogP contribution >= 0.6 is 11.6 Å². The van der Waals surface area contributed by atoms with E-state index < -0.39 is 27.9 Å². The largest absolute Gasteiger partial charge is 0.478 e. The Hall–Kier alpha value is -1.64. The molecule has 1 fully saturated rings. The fourth-order valence-corrected chi connectivity index (χ4v) is 4.17. The van der Waals surface area contributed by atoms with E-state index in [1.807, 2.05) is 0 Å². The maximum absolute atomic E-state index is 12.5. The summed E-state index contributed by atoms with van der Waals surface area (Å²) >= 11 is 5.72. The second kappa shape index (κ2) is 5.63. The minimum Gasteiger partial charge on any atom is -0.478 e. The van der Waals surface area contributed by atoms with Crippen molar-refractivity contribution in [2.24, 2.45) is 5.73 Å². The first-order valence-corrected chi connectivity index (χ1v) is 7.91. The van der Waals surface area contributed by atoms with Gasteiger partial charge in [0.15, 0.2) is 0 Å². The summed E-state index contributed by atoms with van der Waals surface area (Å²) < 4.78 is 26.0. The minimum atomic E-state index is -4.00. The van der Waals surface area contributed by atoms with Gasteiger partial charge in [-0.2, -0.15) is 4.31 Å². The van der Waals surface area contributed by atoms with Crippen LogP contribution in [0.25, 0.3) is 0 Å². The third kappa shape index (κ3) is 2.87. The fraction of sp³-hybridized carbons (Fsp3) is 0.333. The Bertz CT molecular complexity index is 704. The molecule has 9 heteroatoms. The zero-order chi connectivity index (χ0) is 15.8. The van der Waals surface area contributed by atoms with Crippen molar-refractivity contribution in [2.75, 3.05) is 6.54 Å². The van der Waals surface area contributed by atoms with Crippen molar-refractivity contribution in [3.8, 4) is 0 Å². The second-order valence-corrected chi connectivity index (χ2v) is 6.92. The molecule has 114 valence electrons. The van der Waals surface area contributed by atoms with Gasteiger partial charge in [0.25, 0.3) is 0 Å². The van der Waals surface area contributed by atoms with E-state index in [0.29, 0.717) is 12.8 Å². The molecular formula is C12H13ClN2O5S. The lowest BCUT2D eigenvalue weighted by Gasteiger charge is -2.21. The molecule has 0 spiro atoms. The highest BCUT2D eigenvalue weighted by Gasteiger charge is 2.38. The number of rotatable bonds is 4. The molecule has 7 nitrogen and oxygen atoms in total. The lowest BCUT2D eigenvalue weighted by atomic mass is 10.2. The normalized spacial score (nSPS) is 19.6. The van der Waals surface area contributed by atoms with Crippen molar-refractivity contribution in [2.45, 2.75) is 23.8 Å². The third-order valence-corrected chi connectivity index (χ3v) is 5.54. The van der Waals surface area contributed by atoms with Crippen LogP contribution in [0.4, 0.5) is 0 Å². The summed E-state index contributed by atoms with van der Waals surface area (Å²) in [7, 11) is -4.00. The number of aromatic carboxylic acids is 1. The molecule has 0 aromatic heterocycles. The number of hydrogen-bond acceptors (Lipinski definition) is 4. The quantitative estimate of drug-likeness (QED) is 0.840. The summed E-state index contributed by atoms with van der Waals surface area (Å²) in [6.45, 7) is 0.168. The topological polar surface area (TPSA) is 118 Å². The number of carboxylic acids is 1. The highest BCUT2D eigenvalue weighted by molar-refractivity contribution is 7.89. The number of primary amides is 1. The standard InChI is InChI=1S/C12H13ClN2O5S/c13-9-4-3-7(6-8(9)12(17)18)21(19,20)15-5-1-2-10(15)11(14)16/h3-4,6,10H,1-2,5H2,(H2,14,16)(H,17,18)/t10-/m0/s1. The van der Waals surface area contributed by atoms with Gasteiger partial charge in [0, 0.05) is 6.54 Å². The lowest BCUT2D eigenvalue weighted by Crippen LogP contribution is -2.43. The first-order chi connectivity index (χ1) is 9.75. The Morgan fingerprint density at radius 1 is 1.38 bits per heavy atom. The predicted octanol–water partition coefficient (Wildman–Crippen LogP) is 0.677. The molecule has 1 heterocycles. The maximum Gasteiger partial charge on any atom is 0.337 e. The number of nitrogens with zero attached hydrogens (tertiary/aromatic N) is 1. The fourth-order valence-electron chi connectivity index (χ4n) is 2.28. The van der Waals surface area contributed by atoms with Crippen molar-refractivity contribution in [3.05, 3.63) is 28.8 Å². The zero-order valence-electron chi connectivity index (χ0n) is 10.8. The average Bonchev–Trinajstić information content (AvgIpc) is 2.88. The molecule has 0 bridgehead atoms. The molecule has 3 N–H and O–H groups in total. The summed E-state index contributed by atoms with van der Waals surface area (Å²) in [4.78, 5) is 22.1. The molecule has 0 radical (unpaired) electrons. The van der Waals surface area contributed by atoms with E-state index >= 15 is 0 Å². The van der Waals surface area contributed by atoms with Crippen LogP contribution in [0.3, 0.4) is 0 Å². The van der Waals surface area contributed by atoms with Gasteiger partial charge >= 0.3 is 5.97 Å². The van der Waals surface area contributed by atoms with Crippen LogP contribution < -0.4 is 5.73 Å². The Labute approximate surface area is 126 Å². The molecule has 21 heavy (non-hydrogen) atoms. The van der Waals surface area contributed by atoms with Crippen LogP contribution in [0, 0.1) is 0 Å². The first kappa shape index (κ1) is 15.7. The Morgan fingerprint density at radius 3 is 2.62 bits per heavy atom. The van der Waals surface area contributed by atoms with Gasteiger partial charge in [0.1, 0.15) is 6.04 Å². The number of nitrogens with two attached hydrogens (primary N) is 1. The average molecular weight is 333 g/mol. The van der Waals surface area contributed by atoms with E-state index in [0.717, 1.165) is 10.4 Å². The molecule has 1 aliphatic heterocycles. The summed E-state index contributed by atoms with van der Waals surface area (Å²) in [6.07, 6.45) is 0.875. The van der Waals surface area contributed by atoms with Crippen molar-refractivity contribution in [1.82, 2.24) is 4.31 Å². The number of benzene rings is 1. The zero-order valence-corrected chi connectivity index (χ0v) is 12.4. The van der Waals surface area contributed by atoms with Gasteiger partial charge in [0.2, 0.25) is 15.9 Å². The van der Waals surface area contributed by atoms with Gasteiger partial charge < -0.3 is 10.8 Å². The van der Waals surface area contributed by atoms with Crippen LogP contribution in [-0.2, 0) is 14.8 Å². The number of carbonyl (C=O) groups is 2. The van der Waals surface area contributed by atoms with E-state index in [1.54, 1.807) is 0 Å². The highest BCUT2D eigenvalue weighted by atomic mass is 35.5. The lowest BCUT2D eigenvalue weighted by molar-refractivity contribution is -0.121. The molecule has 2 rings (SSSR count). The van der Waals surface area contributed by atoms with Gasteiger partial charge in [-0.3, -0.25) is 4.79 Å². The van der Waals surface area contributed by atoms with E-state index in [4.69, 9.17) is 22.4 Å². The Morgan fingerprint density at radius 2 is 2.05 bits per heavy atom. The van der Waals surface area contributed by atoms with Gasteiger partial charge in [-0.05, 0) is 31.0 Å². The van der Waals surface area contributed by atoms with E-state index in [-0.39, 0.29) is 22.0 Å². The highest BCUT2D eigenvalue weighted by Crippen LogP contribution is 2.28. The Balaban J connectivity index is 2.47. The van der Waals surface area contributed by atoms with Gasteiger partial charge in [0.05, 0.1) is 15.5 Å². The summed E-state index contributed by atoms with van der Waals surface area (Å²) in [5, 5.41) is 8.93. The van der Waals surface area contributed by atoms with Crippen molar-refractivity contribution in [3.63, 3.8) is 0 Å². The van der Waals surface area contributed by atoms with Crippen LogP contribution in [0.5, 0.6) is 0 Å². The smallest absolute Gasteiger partial charge is 0.337 e. The third-order valence-electron chi connectivity index (χ3n) is 3.31.